The molecule has 2 nitrogen and oxygen atoms in total. The number of hydrogen-bond acceptors (Lipinski definition) is 1. The molecule has 110 valence electrons. The van der Waals surface area contributed by atoms with E-state index in [-0.39, 0.29) is 6.04 Å². The zero-order valence-corrected chi connectivity index (χ0v) is 14.4. The summed E-state index contributed by atoms with van der Waals surface area (Å²) in [5, 5.41) is 7.26. The van der Waals surface area contributed by atoms with Crippen LogP contribution in [0.1, 0.15) is 24.1 Å². The zero-order chi connectivity index (χ0) is 15.1. The van der Waals surface area contributed by atoms with Crippen molar-refractivity contribution >= 4 is 33.3 Å². The van der Waals surface area contributed by atoms with Crippen LogP contribution >= 0.6 is 28.1 Å². The lowest BCUT2D eigenvalue weighted by molar-refractivity contribution is 0.696. The Morgan fingerprint density at radius 3 is 2.43 bits per heavy atom. The second kappa shape index (κ2) is 8.15. The van der Waals surface area contributed by atoms with Gasteiger partial charge in [-0.05, 0) is 48.8 Å². The van der Waals surface area contributed by atoms with Gasteiger partial charge >= 0.3 is 0 Å². The molecule has 1 atom stereocenters. The quantitative estimate of drug-likeness (QED) is 0.778. The fraction of sp³-hybridized carbons (Fsp3) is 0.235. The van der Waals surface area contributed by atoms with Gasteiger partial charge in [-0.1, -0.05) is 58.4 Å². The molecule has 0 aliphatic rings. The maximum absolute atomic E-state index is 5.34. The fourth-order valence-corrected chi connectivity index (χ4v) is 2.59. The molecule has 1 unspecified atom stereocenters. The van der Waals surface area contributed by atoms with Crippen molar-refractivity contribution in [2.45, 2.75) is 19.4 Å². The fourth-order valence-electron chi connectivity index (χ4n) is 2.05. The molecule has 2 N–H and O–H groups in total. The highest BCUT2D eigenvalue weighted by Crippen LogP contribution is 2.16. The monoisotopic (exact) mass is 362 g/mol. The second-order valence-corrected chi connectivity index (χ2v) is 6.23. The van der Waals surface area contributed by atoms with E-state index in [9.17, 15) is 0 Å². The van der Waals surface area contributed by atoms with Gasteiger partial charge in [0.1, 0.15) is 0 Å². The molecule has 2 aromatic carbocycles. The third-order valence-electron chi connectivity index (χ3n) is 3.26. The first kappa shape index (κ1) is 16.0. The summed E-state index contributed by atoms with van der Waals surface area (Å²) in [5.41, 5.74) is 2.53. The van der Waals surface area contributed by atoms with E-state index < -0.39 is 0 Å². The molecule has 0 aromatic heterocycles. The maximum atomic E-state index is 5.34. The largest absolute Gasteiger partial charge is 0.362 e. The van der Waals surface area contributed by atoms with Gasteiger partial charge in [0.25, 0.3) is 0 Å². The van der Waals surface area contributed by atoms with Crippen LogP contribution in [0.4, 0.5) is 0 Å². The molecule has 0 saturated carbocycles. The van der Waals surface area contributed by atoms with Crippen LogP contribution in [0, 0.1) is 0 Å². The molecule has 0 spiro atoms. The highest BCUT2D eigenvalue weighted by Gasteiger charge is 2.06. The Bertz CT molecular complexity index is 569. The van der Waals surface area contributed by atoms with E-state index >= 15 is 0 Å². The molecule has 0 radical (unpaired) electrons. The summed E-state index contributed by atoms with van der Waals surface area (Å²) in [6.45, 7) is 2.94. The molecule has 0 heterocycles. The molecule has 2 rings (SSSR count). The van der Waals surface area contributed by atoms with Crippen LogP contribution in [0.15, 0.2) is 59.1 Å². The van der Waals surface area contributed by atoms with Crippen LogP contribution in [-0.2, 0) is 6.42 Å². The summed E-state index contributed by atoms with van der Waals surface area (Å²) in [6.07, 6.45) is 0.968. The lowest BCUT2D eigenvalue weighted by atomic mass is 10.1. The summed E-state index contributed by atoms with van der Waals surface area (Å²) in [5.74, 6) is 0. The normalized spacial score (nSPS) is 11.7. The van der Waals surface area contributed by atoms with Gasteiger partial charge in [-0.3, -0.25) is 0 Å². The molecule has 0 fully saturated rings. The van der Waals surface area contributed by atoms with E-state index in [0.29, 0.717) is 5.11 Å². The second-order valence-electron chi connectivity index (χ2n) is 4.91. The zero-order valence-electron chi connectivity index (χ0n) is 12.0. The molecular weight excluding hydrogens is 344 g/mol. The van der Waals surface area contributed by atoms with Gasteiger partial charge < -0.3 is 10.6 Å². The Morgan fingerprint density at radius 2 is 1.76 bits per heavy atom. The first-order chi connectivity index (χ1) is 10.1. The van der Waals surface area contributed by atoms with Crippen LogP contribution in [-0.4, -0.2) is 11.7 Å². The average molecular weight is 363 g/mol. The third-order valence-corrected chi connectivity index (χ3v) is 4.05. The number of halogens is 1. The van der Waals surface area contributed by atoms with Gasteiger partial charge in [-0.2, -0.15) is 0 Å². The van der Waals surface area contributed by atoms with E-state index in [1.54, 1.807) is 0 Å². The molecule has 0 aliphatic heterocycles. The summed E-state index contributed by atoms with van der Waals surface area (Å²) in [7, 11) is 0. The van der Waals surface area contributed by atoms with Gasteiger partial charge in [0, 0.05) is 11.0 Å². The lowest BCUT2D eigenvalue weighted by Gasteiger charge is -2.17. The number of thiocarbonyl (C=S) groups is 1. The van der Waals surface area contributed by atoms with Crippen LogP contribution < -0.4 is 10.6 Å². The molecule has 0 aliphatic carbocycles. The number of benzene rings is 2. The van der Waals surface area contributed by atoms with Gasteiger partial charge in [-0.15, -0.1) is 0 Å². The number of nitrogens with one attached hydrogen (secondary N) is 2. The van der Waals surface area contributed by atoms with Crippen molar-refractivity contribution in [3.63, 3.8) is 0 Å². The van der Waals surface area contributed by atoms with E-state index in [2.05, 4.69) is 69.9 Å². The Morgan fingerprint density at radius 1 is 1.10 bits per heavy atom. The minimum absolute atomic E-state index is 0.190. The summed E-state index contributed by atoms with van der Waals surface area (Å²) >= 11 is 8.78. The van der Waals surface area contributed by atoms with Crippen molar-refractivity contribution in [1.82, 2.24) is 10.6 Å². The highest BCUT2D eigenvalue weighted by atomic mass is 79.9. The number of rotatable bonds is 5. The Hall–Kier alpha value is -1.39. The van der Waals surface area contributed by atoms with Crippen molar-refractivity contribution in [3.8, 4) is 0 Å². The van der Waals surface area contributed by atoms with Crippen LogP contribution in [0.5, 0.6) is 0 Å². The van der Waals surface area contributed by atoms with Gasteiger partial charge in [0.15, 0.2) is 5.11 Å². The summed E-state index contributed by atoms with van der Waals surface area (Å²) < 4.78 is 1.09. The summed E-state index contributed by atoms with van der Waals surface area (Å²) in [6, 6.07) is 18.9. The minimum atomic E-state index is 0.190. The van der Waals surface area contributed by atoms with Crippen molar-refractivity contribution < 1.29 is 0 Å². The lowest BCUT2D eigenvalue weighted by Crippen LogP contribution is -2.37. The molecule has 0 bridgehead atoms. The first-order valence-corrected chi connectivity index (χ1v) is 8.19. The predicted molar refractivity (Wildman–Crippen MR) is 96.4 cm³/mol. The van der Waals surface area contributed by atoms with Crippen molar-refractivity contribution in [2.24, 2.45) is 0 Å². The Kier molecular flexibility index (Phi) is 6.21. The van der Waals surface area contributed by atoms with Crippen LogP contribution in [0.2, 0.25) is 0 Å². The van der Waals surface area contributed by atoms with Crippen molar-refractivity contribution in [3.05, 3.63) is 70.2 Å². The number of hydrogen-bond donors (Lipinski definition) is 2. The van der Waals surface area contributed by atoms with Crippen molar-refractivity contribution in [2.75, 3.05) is 6.54 Å². The topological polar surface area (TPSA) is 24.1 Å². The molecular formula is C17H19BrN2S. The smallest absolute Gasteiger partial charge is 0.166 e. The van der Waals surface area contributed by atoms with E-state index in [4.69, 9.17) is 12.2 Å². The average Bonchev–Trinajstić information content (AvgIpc) is 2.49. The van der Waals surface area contributed by atoms with E-state index in [1.807, 2.05) is 18.2 Å². The molecule has 4 heteroatoms. The van der Waals surface area contributed by atoms with Crippen molar-refractivity contribution in [1.29, 1.82) is 0 Å². The Labute approximate surface area is 140 Å². The molecule has 0 amide bonds. The highest BCUT2D eigenvalue weighted by molar-refractivity contribution is 9.10. The SMILES string of the molecule is CC(NC(=S)NCCc1ccccc1)c1ccc(Br)cc1. The maximum Gasteiger partial charge on any atom is 0.166 e. The standard InChI is InChI=1S/C17H19BrN2S/c1-13(15-7-9-16(18)10-8-15)20-17(21)19-12-11-14-5-3-2-4-6-14/h2-10,13H,11-12H2,1H3,(H2,19,20,21). The molecule has 2 aromatic rings. The predicted octanol–water partition coefficient (Wildman–Crippen LogP) is 4.22. The van der Waals surface area contributed by atoms with Gasteiger partial charge in [0.05, 0.1) is 6.04 Å². The summed E-state index contributed by atoms with van der Waals surface area (Å²) in [4.78, 5) is 0. The van der Waals surface area contributed by atoms with E-state index in [0.717, 1.165) is 17.4 Å². The Balaban J connectivity index is 1.75. The van der Waals surface area contributed by atoms with Gasteiger partial charge in [0.2, 0.25) is 0 Å². The molecule has 0 saturated heterocycles. The third kappa shape index (κ3) is 5.48. The van der Waals surface area contributed by atoms with Gasteiger partial charge in [-0.25, -0.2) is 0 Å². The molecule has 21 heavy (non-hydrogen) atoms. The van der Waals surface area contributed by atoms with E-state index in [1.165, 1.54) is 11.1 Å². The van der Waals surface area contributed by atoms with Crippen LogP contribution in [0.3, 0.4) is 0 Å². The van der Waals surface area contributed by atoms with Crippen LogP contribution in [0.25, 0.3) is 0 Å². The first-order valence-electron chi connectivity index (χ1n) is 6.99. The minimum Gasteiger partial charge on any atom is -0.362 e.